The molecule has 5 heteroatoms. The Morgan fingerprint density at radius 2 is 2.16 bits per heavy atom. The normalized spacial score (nSPS) is 11.9. The van der Waals surface area contributed by atoms with Crippen molar-refractivity contribution in [3.05, 3.63) is 52.0 Å². The summed E-state index contributed by atoms with van der Waals surface area (Å²) in [6, 6.07) is 7.80. The highest BCUT2D eigenvalue weighted by Crippen LogP contribution is 2.19. The van der Waals surface area contributed by atoms with Crippen LogP contribution in [0.2, 0.25) is 0 Å². The molecule has 2 rings (SSSR count). The molecular weight excluding hydrogens is 263 g/mol. The van der Waals surface area contributed by atoms with E-state index in [0.717, 1.165) is 10.4 Å². The second-order valence-corrected chi connectivity index (χ2v) is 5.27. The third kappa shape index (κ3) is 3.54. The van der Waals surface area contributed by atoms with Crippen LogP contribution in [0.5, 0.6) is 0 Å². The maximum Gasteiger partial charge on any atom is 0.319 e. The predicted molar refractivity (Wildman–Crippen MR) is 76.0 cm³/mol. The number of hydrogen-bond donors (Lipinski definition) is 2. The summed E-state index contributed by atoms with van der Waals surface area (Å²) >= 11 is 1.58. The molecule has 1 aromatic carbocycles. The maximum absolute atomic E-state index is 13.1. The Kier molecular flexibility index (Phi) is 4.16. The Balaban J connectivity index is 1.99. The minimum Gasteiger partial charge on any atom is -0.331 e. The standard InChI is InChI=1S/C14H15FN2OS/c1-9-5-6-11(15)8-12(9)17-14(18)16-10(2)13-4-3-7-19-13/h3-8,10H,1-2H3,(H2,16,17,18). The largest absolute Gasteiger partial charge is 0.331 e. The van der Waals surface area contributed by atoms with E-state index in [1.165, 1.54) is 12.1 Å². The van der Waals surface area contributed by atoms with Crippen molar-refractivity contribution in [3.8, 4) is 0 Å². The van der Waals surface area contributed by atoms with Gasteiger partial charge >= 0.3 is 6.03 Å². The Hall–Kier alpha value is -1.88. The van der Waals surface area contributed by atoms with Crippen molar-refractivity contribution >= 4 is 23.1 Å². The van der Waals surface area contributed by atoms with Gasteiger partial charge in [0.2, 0.25) is 0 Å². The molecule has 0 aliphatic heterocycles. The molecule has 0 spiro atoms. The fourth-order valence-corrected chi connectivity index (χ4v) is 2.43. The van der Waals surface area contributed by atoms with Crippen molar-refractivity contribution in [2.75, 3.05) is 5.32 Å². The molecule has 0 saturated carbocycles. The van der Waals surface area contributed by atoms with E-state index in [4.69, 9.17) is 0 Å². The molecule has 2 amide bonds. The molecule has 3 nitrogen and oxygen atoms in total. The molecule has 0 aliphatic rings. The van der Waals surface area contributed by atoms with Gasteiger partial charge in [0.25, 0.3) is 0 Å². The topological polar surface area (TPSA) is 41.1 Å². The molecule has 19 heavy (non-hydrogen) atoms. The summed E-state index contributed by atoms with van der Waals surface area (Å²) in [7, 11) is 0. The highest BCUT2D eigenvalue weighted by molar-refractivity contribution is 7.10. The third-order valence-corrected chi connectivity index (χ3v) is 3.82. The first-order chi connectivity index (χ1) is 9.06. The zero-order valence-corrected chi connectivity index (χ0v) is 11.6. The van der Waals surface area contributed by atoms with Gasteiger partial charge in [-0.3, -0.25) is 0 Å². The summed E-state index contributed by atoms with van der Waals surface area (Å²) in [5.41, 5.74) is 1.30. The summed E-state index contributed by atoms with van der Waals surface area (Å²) < 4.78 is 13.1. The molecular formula is C14H15FN2OS. The second kappa shape index (κ2) is 5.84. The first kappa shape index (κ1) is 13.5. The van der Waals surface area contributed by atoms with Crippen LogP contribution in [-0.4, -0.2) is 6.03 Å². The van der Waals surface area contributed by atoms with Gasteiger partial charge in [-0.05, 0) is 43.0 Å². The number of rotatable bonds is 3. The molecule has 100 valence electrons. The van der Waals surface area contributed by atoms with Crippen LogP contribution < -0.4 is 10.6 Å². The minimum atomic E-state index is -0.368. The summed E-state index contributed by atoms with van der Waals surface area (Å²) in [4.78, 5) is 12.9. The molecule has 2 aromatic rings. The lowest BCUT2D eigenvalue weighted by Crippen LogP contribution is -2.31. The van der Waals surface area contributed by atoms with E-state index < -0.39 is 0 Å². The average Bonchev–Trinajstić information content (AvgIpc) is 2.87. The molecule has 1 atom stereocenters. The van der Waals surface area contributed by atoms with E-state index in [2.05, 4.69) is 10.6 Å². The Labute approximate surface area is 115 Å². The zero-order valence-electron chi connectivity index (χ0n) is 10.7. The number of aryl methyl sites for hydroxylation is 1. The smallest absolute Gasteiger partial charge is 0.319 e. The summed E-state index contributed by atoms with van der Waals surface area (Å²) in [5.74, 6) is -0.368. The van der Waals surface area contributed by atoms with Crippen molar-refractivity contribution in [1.29, 1.82) is 0 Å². The van der Waals surface area contributed by atoms with Gasteiger partial charge in [-0.1, -0.05) is 12.1 Å². The van der Waals surface area contributed by atoms with Gasteiger partial charge in [0.1, 0.15) is 5.82 Å². The number of benzene rings is 1. The molecule has 0 bridgehead atoms. The number of halogens is 1. The van der Waals surface area contributed by atoms with Crippen LogP contribution in [0.15, 0.2) is 35.7 Å². The number of hydrogen-bond acceptors (Lipinski definition) is 2. The molecule has 0 aliphatic carbocycles. The Bertz CT molecular complexity index is 569. The number of anilines is 1. The van der Waals surface area contributed by atoms with Crippen LogP contribution in [0.4, 0.5) is 14.9 Å². The lowest BCUT2D eigenvalue weighted by Gasteiger charge is -2.14. The number of carbonyl (C=O) groups excluding carboxylic acids is 1. The van der Waals surface area contributed by atoms with Crippen LogP contribution in [0.25, 0.3) is 0 Å². The first-order valence-corrected chi connectivity index (χ1v) is 6.81. The van der Waals surface area contributed by atoms with E-state index in [-0.39, 0.29) is 17.9 Å². The number of amides is 2. The fourth-order valence-electron chi connectivity index (χ4n) is 1.69. The summed E-state index contributed by atoms with van der Waals surface area (Å²) in [6.45, 7) is 3.72. The lowest BCUT2D eigenvalue weighted by molar-refractivity contribution is 0.249. The number of thiophene rings is 1. The van der Waals surface area contributed by atoms with Crippen LogP contribution >= 0.6 is 11.3 Å². The summed E-state index contributed by atoms with van der Waals surface area (Å²) in [6.07, 6.45) is 0. The van der Waals surface area contributed by atoms with E-state index in [9.17, 15) is 9.18 Å². The van der Waals surface area contributed by atoms with Crippen molar-refractivity contribution in [2.45, 2.75) is 19.9 Å². The molecule has 1 aromatic heterocycles. The fraction of sp³-hybridized carbons (Fsp3) is 0.214. The van der Waals surface area contributed by atoms with Gasteiger partial charge in [0, 0.05) is 10.6 Å². The van der Waals surface area contributed by atoms with Gasteiger partial charge < -0.3 is 10.6 Å². The maximum atomic E-state index is 13.1. The summed E-state index contributed by atoms with van der Waals surface area (Å²) in [5, 5.41) is 7.43. The van der Waals surface area contributed by atoms with E-state index in [1.807, 2.05) is 31.4 Å². The molecule has 1 heterocycles. The molecule has 0 fully saturated rings. The lowest BCUT2D eigenvalue weighted by atomic mass is 10.2. The number of nitrogens with one attached hydrogen (secondary N) is 2. The predicted octanol–water partition coefficient (Wildman–Crippen LogP) is 4.08. The van der Waals surface area contributed by atoms with E-state index >= 15 is 0 Å². The van der Waals surface area contributed by atoms with Crippen LogP contribution in [0.1, 0.15) is 23.4 Å². The first-order valence-electron chi connectivity index (χ1n) is 5.93. The van der Waals surface area contributed by atoms with Crippen LogP contribution in [-0.2, 0) is 0 Å². The zero-order chi connectivity index (χ0) is 13.8. The van der Waals surface area contributed by atoms with E-state index in [1.54, 1.807) is 17.4 Å². The van der Waals surface area contributed by atoms with Crippen molar-refractivity contribution in [1.82, 2.24) is 5.32 Å². The SMILES string of the molecule is Cc1ccc(F)cc1NC(=O)NC(C)c1cccs1. The Morgan fingerprint density at radius 3 is 2.84 bits per heavy atom. The number of urea groups is 1. The minimum absolute atomic E-state index is 0.0751. The molecule has 2 N–H and O–H groups in total. The van der Waals surface area contributed by atoms with Crippen LogP contribution in [0, 0.1) is 12.7 Å². The highest BCUT2D eigenvalue weighted by atomic mass is 32.1. The molecule has 1 unspecified atom stereocenters. The quantitative estimate of drug-likeness (QED) is 0.872. The molecule has 0 radical (unpaired) electrons. The van der Waals surface area contributed by atoms with Gasteiger partial charge in [-0.25, -0.2) is 9.18 Å². The van der Waals surface area contributed by atoms with Gasteiger partial charge in [0.05, 0.1) is 6.04 Å². The number of carbonyl (C=O) groups is 1. The Morgan fingerprint density at radius 1 is 1.37 bits per heavy atom. The van der Waals surface area contributed by atoms with E-state index in [0.29, 0.717) is 5.69 Å². The van der Waals surface area contributed by atoms with Gasteiger partial charge in [0.15, 0.2) is 0 Å². The van der Waals surface area contributed by atoms with Gasteiger partial charge in [-0.15, -0.1) is 11.3 Å². The van der Waals surface area contributed by atoms with Crippen LogP contribution in [0.3, 0.4) is 0 Å². The highest BCUT2D eigenvalue weighted by Gasteiger charge is 2.11. The van der Waals surface area contributed by atoms with Crippen molar-refractivity contribution < 1.29 is 9.18 Å². The molecule has 0 saturated heterocycles. The second-order valence-electron chi connectivity index (χ2n) is 4.29. The van der Waals surface area contributed by atoms with Crippen molar-refractivity contribution in [2.24, 2.45) is 0 Å². The monoisotopic (exact) mass is 278 g/mol. The van der Waals surface area contributed by atoms with Gasteiger partial charge in [-0.2, -0.15) is 0 Å². The third-order valence-electron chi connectivity index (χ3n) is 2.77. The van der Waals surface area contributed by atoms with Crippen molar-refractivity contribution in [3.63, 3.8) is 0 Å². The average molecular weight is 278 g/mol.